The van der Waals surface area contributed by atoms with Gasteiger partial charge in [0, 0.05) is 86.2 Å². The molecule has 10 nitrogen and oxygen atoms in total. The Hall–Kier alpha value is -5.35. The van der Waals surface area contributed by atoms with Crippen LogP contribution in [0, 0.1) is 0 Å². The second kappa shape index (κ2) is 17.1. The van der Waals surface area contributed by atoms with Crippen LogP contribution in [0.15, 0.2) is 78.5 Å². The summed E-state index contributed by atoms with van der Waals surface area (Å²) in [7, 11) is 8.92. The number of fused-ring (bicyclic) bond motifs is 1. The zero-order chi connectivity index (χ0) is 40.5. The first-order chi connectivity index (χ1) is 28.9. The highest BCUT2D eigenvalue weighted by atomic mass is 16.7. The fourth-order valence-electron chi connectivity index (χ4n) is 9.66. The minimum Gasteiger partial charge on any atom is -0.496 e. The summed E-state index contributed by atoms with van der Waals surface area (Å²) in [6.07, 6.45) is 16.4. The van der Waals surface area contributed by atoms with Crippen molar-refractivity contribution in [2.45, 2.75) is 75.8 Å². The van der Waals surface area contributed by atoms with E-state index in [1.165, 1.54) is 66.4 Å². The predicted molar refractivity (Wildman–Crippen MR) is 232 cm³/mol. The average molecular weight is 799 g/mol. The third kappa shape index (κ3) is 7.91. The Kier molecular flexibility index (Phi) is 11.3. The molecule has 59 heavy (non-hydrogen) atoms. The van der Waals surface area contributed by atoms with Gasteiger partial charge in [-0.15, -0.1) is 0 Å². The number of likely N-dealkylation sites (tertiary alicyclic amines) is 1. The number of piperidine rings is 1. The van der Waals surface area contributed by atoms with Crippen molar-refractivity contribution in [1.82, 2.24) is 14.8 Å². The first-order valence-corrected chi connectivity index (χ1v) is 21.4. The molecule has 3 fully saturated rings. The molecule has 0 amide bonds. The first kappa shape index (κ1) is 39.1. The van der Waals surface area contributed by atoms with E-state index in [2.05, 4.69) is 76.4 Å². The first-order valence-electron chi connectivity index (χ1n) is 21.4. The summed E-state index contributed by atoms with van der Waals surface area (Å²) in [5.41, 5.74) is 11.1. The van der Waals surface area contributed by atoms with Gasteiger partial charge in [0.25, 0.3) is 0 Å². The number of rotatable bonds is 14. The molecule has 0 unspecified atom stereocenters. The molecular formula is C49H58N4O6. The van der Waals surface area contributed by atoms with Crippen LogP contribution >= 0.6 is 0 Å². The van der Waals surface area contributed by atoms with Crippen molar-refractivity contribution in [2.24, 2.45) is 0 Å². The molecule has 9 rings (SSSR count). The molecular weight excluding hydrogens is 741 g/mol. The van der Waals surface area contributed by atoms with Gasteiger partial charge in [-0.2, -0.15) is 0 Å². The highest BCUT2D eigenvalue weighted by Crippen LogP contribution is 2.50. The molecule has 0 radical (unpaired) electrons. The second-order valence-electron chi connectivity index (χ2n) is 16.8. The molecule has 310 valence electrons. The number of ether oxygens (including phenoxy) is 6. The van der Waals surface area contributed by atoms with Crippen LogP contribution in [0.2, 0.25) is 0 Å². The quantitative estimate of drug-likeness (QED) is 0.123. The summed E-state index contributed by atoms with van der Waals surface area (Å²) >= 11 is 0. The normalized spacial score (nSPS) is 18.4. The van der Waals surface area contributed by atoms with Gasteiger partial charge < -0.3 is 38.2 Å². The fourth-order valence-corrected chi connectivity index (χ4v) is 9.66. The largest absolute Gasteiger partial charge is 0.496 e. The number of methoxy groups -OCH3 is 4. The van der Waals surface area contributed by atoms with Crippen LogP contribution in [0.1, 0.15) is 85.5 Å². The van der Waals surface area contributed by atoms with E-state index < -0.39 is 0 Å². The van der Waals surface area contributed by atoms with Crippen molar-refractivity contribution in [3.8, 4) is 45.8 Å². The van der Waals surface area contributed by atoms with Crippen LogP contribution in [-0.4, -0.2) is 89.3 Å². The topological polar surface area (TPSA) is 78.0 Å². The lowest BCUT2D eigenvalue weighted by atomic mass is 9.71. The van der Waals surface area contributed by atoms with E-state index in [9.17, 15) is 0 Å². The van der Waals surface area contributed by atoms with Crippen LogP contribution in [0.3, 0.4) is 0 Å². The molecule has 2 saturated carbocycles. The maximum Gasteiger partial charge on any atom is 0.231 e. The number of pyridine rings is 1. The molecule has 3 aromatic carbocycles. The minimum absolute atomic E-state index is 0.263. The highest BCUT2D eigenvalue weighted by Gasteiger charge is 2.32. The van der Waals surface area contributed by atoms with Crippen LogP contribution in [0.5, 0.6) is 34.5 Å². The molecule has 0 spiro atoms. The molecule has 2 aliphatic carbocycles. The number of hydrogen-bond acceptors (Lipinski definition) is 10. The van der Waals surface area contributed by atoms with E-state index in [0.29, 0.717) is 35.1 Å². The lowest BCUT2D eigenvalue weighted by molar-refractivity contribution is 0.174. The number of anilines is 1. The molecule has 4 aromatic rings. The van der Waals surface area contributed by atoms with Crippen LogP contribution in [0.25, 0.3) is 17.0 Å². The van der Waals surface area contributed by atoms with Gasteiger partial charge in [-0.3, -0.25) is 9.88 Å². The second-order valence-corrected chi connectivity index (χ2v) is 16.8. The molecule has 0 bridgehead atoms. The number of aromatic nitrogens is 1. The van der Waals surface area contributed by atoms with E-state index >= 15 is 0 Å². The van der Waals surface area contributed by atoms with Gasteiger partial charge in [0.15, 0.2) is 23.0 Å². The Labute approximate surface area is 349 Å². The number of hydrogen-bond donors (Lipinski definition) is 0. The van der Waals surface area contributed by atoms with Crippen molar-refractivity contribution in [3.63, 3.8) is 0 Å². The Balaban J connectivity index is 0.917. The van der Waals surface area contributed by atoms with Gasteiger partial charge in [-0.25, -0.2) is 0 Å². The zero-order valence-electron chi connectivity index (χ0n) is 35.3. The molecule has 1 aromatic heterocycles. The molecule has 10 heteroatoms. The molecule has 3 aliphatic heterocycles. The number of nitrogens with zero attached hydrogens (tertiary/aromatic N) is 4. The Morgan fingerprint density at radius 3 is 2.10 bits per heavy atom. The van der Waals surface area contributed by atoms with E-state index in [0.717, 1.165) is 85.5 Å². The average Bonchev–Trinajstić information content (AvgIpc) is 3.70. The molecule has 4 heterocycles. The van der Waals surface area contributed by atoms with Gasteiger partial charge in [0.05, 0.1) is 34.1 Å². The van der Waals surface area contributed by atoms with Gasteiger partial charge in [0.2, 0.25) is 12.5 Å². The maximum atomic E-state index is 6.08. The van der Waals surface area contributed by atoms with Crippen molar-refractivity contribution < 1.29 is 28.4 Å². The number of benzene rings is 3. The van der Waals surface area contributed by atoms with E-state index in [1.54, 1.807) is 21.3 Å². The summed E-state index contributed by atoms with van der Waals surface area (Å²) in [6, 6.07) is 20.0. The molecule has 1 saturated heterocycles. The minimum atomic E-state index is 0.263. The lowest BCUT2D eigenvalue weighted by Gasteiger charge is -2.41. The number of likely N-dealkylation sites (N-methyl/N-ethyl adjacent to an activating group) is 1. The summed E-state index contributed by atoms with van der Waals surface area (Å²) in [6.45, 7) is 4.81. The molecule has 0 N–H and O–H groups in total. The van der Waals surface area contributed by atoms with Crippen molar-refractivity contribution in [1.29, 1.82) is 0 Å². The van der Waals surface area contributed by atoms with E-state index in [1.807, 2.05) is 25.4 Å². The highest BCUT2D eigenvalue weighted by molar-refractivity contribution is 5.73. The zero-order valence-corrected chi connectivity index (χ0v) is 35.3. The molecule has 5 aliphatic rings. The van der Waals surface area contributed by atoms with Crippen molar-refractivity contribution >= 4 is 11.4 Å². The van der Waals surface area contributed by atoms with Crippen LogP contribution in [-0.2, 0) is 6.54 Å². The third-order valence-electron chi connectivity index (χ3n) is 13.3. The lowest BCUT2D eigenvalue weighted by Crippen LogP contribution is -2.46. The van der Waals surface area contributed by atoms with Crippen LogP contribution < -0.4 is 33.3 Å². The summed E-state index contributed by atoms with van der Waals surface area (Å²) in [5, 5.41) is 0. The monoisotopic (exact) mass is 798 g/mol. The predicted octanol–water partition coefficient (Wildman–Crippen LogP) is 9.43. The van der Waals surface area contributed by atoms with Gasteiger partial charge in [-0.05, 0) is 122 Å². The SMILES string of the molecule is COc1cc(C2=CC=C(CN(c3ccc4c(c3)OCO4)C3CCN(Cc4ccnc(-c5cc(OC)c(C6CCC6)c(C6CCC6)c5)c4)CC3)CN2C)cc(OC)c1OC. The van der Waals surface area contributed by atoms with Gasteiger partial charge >= 0.3 is 0 Å². The summed E-state index contributed by atoms with van der Waals surface area (Å²) in [5.74, 6) is 5.84. The third-order valence-corrected chi connectivity index (χ3v) is 13.3. The van der Waals surface area contributed by atoms with Crippen molar-refractivity contribution in [2.75, 3.05) is 73.4 Å². The van der Waals surface area contributed by atoms with Gasteiger partial charge in [-0.1, -0.05) is 18.9 Å². The standard InChI is InChI=1S/C49H58N4O6/c1-51-28-33(12-14-42(51)37-25-46(55-3)49(57-5)47(26-37)56-4)30-53(39-13-15-43-44(27-39)59-31-58-43)38-17-20-52(21-18-38)29-32-16-19-50-41(22-32)36-23-40(34-8-6-9-34)48(35-10-7-11-35)45(24-36)54-2/h12-16,19,22-27,34-35,38H,6-11,17-18,20-21,28-31H2,1-5H3. The number of allylic oxidation sites excluding steroid dienone is 2. The maximum absolute atomic E-state index is 6.08. The van der Waals surface area contributed by atoms with Gasteiger partial charge in [0.1, 0.15) is 5.75 Å². The van der Waals surface area contributed by atoms with Crippen LogP contribution in [0.4, 0.5) is 5.69 Å². The Morgan fingerprint density at radius 2 is 1.44 bits per heavy atom. The Bertz CT molecular complexity index is 2190. The Morgan fingerprint density at radius 1 is 0.729 bits per heavy atom. The summed E-state index contributed by atoms with van der Waals surface area (Å²) < 4.78 is 34.6. The van der Waals surface area contributed by atoms with E-state index in [-0.39, 0.29) is 6.79 Å². The molecule has 0 atom stereocenters. The smallest absolute Gasteiger partial charge is 0.231 e. The summed E-state index contributed by atoms with van der Waals surface area (Å²) in [4.78, 5) is 12.4. The van der Waals surface area contributed by atoms with E-state index in [4.69, 9.17) is 33.4 Å². The fraction of sp³-hybridized carbons (Fsp3) is 0.449. The van der Waals surface area contributed by atoms with Crippen molar-refractivity contribution in [3.05, 3.63) is 101 Å².